The maximum absolute atomic E-state index is 12.0. The molecule has 2 heterocycles. The maximum Gasteiger partial charge on any atom is 0.249 e. The molecule has 4 heteroatoms. The van der Waals surface area contributed by atoms with Crippen molar-refractivity contribution in [3.8, 4) is 0 Å². The second-order valence-corrected chi connectivity index (χ2v) is 5.09. The minimum atomic E-state index is -0.568. The molecule has 1 saturated heterocycles. The number of rotatable bonds is 2. The Labute approximate surface area is 94.9 Å². The lowest BCUT2D eigenvalue weighted by Gasteiger charge is -2.47. The van der Waals surface area contributed by atoms with Crippen molar-refractivity contribution in [3.05, 3.63) is 11.6 Å². The molecule has 88 valence electrons. The van der Waals surface area contributed by atoms with Gasteiger partial charge in [-0.05, 0) is 18.8 Å². The molecule has 2 aliphatic heterocycles. The molecule has 1 saturated carbocycles. The Kier molecular flexibility index (Phi) is 2.30. The number of β-amino-alcohol motifs (C(OH)–C–C–N with tert-alkyl or cyclic N) is 1. The molecule has 0 spiro atoms. The Bertz CT molecular complexity index is 340. The summed E-state index contributed by atoms with van der Waals surface area (Å²) in [4.78, 5) is 13.8. The van der Waals surface area contributed by atoms with Gasteiger partial charge in [-0.3, -0.25) is 4.79 Å². The van der Waals surface area contributed by atoms with Crippen LogP contribution in [0.25, 0.3) is 0 Å². The van der Waals surface area contributed by atoms with Crippen LogP contribution in [0.15, 0.2) is 11.6 Å². The Morgan fingerprint density at radius 3 is 2.81 bits per heavy atom. The average molecular weight is 223 g/mol. The van der Waals surface area contributed by atoms with Crippen LogP contribution in [-0.4, -0.2) is 47.8 Å². The van der Waals surface area contributed by atoms with E-state index in [9.17, 15) is 9.90 Å². The van der Waals surface area contributed by atoms with Gasteiger partial charge in [-0.25, -0.2) is 0 Å². The first-order chi connectivity index (χ1) is 7.69. The number of carbonyl (C=O) groups excluding carboxylic acids is 1. The van der Waals surface area contributed by atoms with Crippen LogP contribution in [0.4, 0.5) is 0 Å². The second kappa shape index (κ2) is 3.57. The highest BCUT2D eigenvalue weighted by molar-refractivity contribution is 5.94. The van der Waals surface area contributed by atoms with Crippen LogP contribution in [0.2, 0.25) is 0 Å². The SMILES string of the molecule is O=C(C1=CCOCC1)N1CC(O)(C2CC2)C1. The number of likely N-dealkylation sites (tertiary alicyclic amines) is 1. The molecule has 1 N–H and O–H groups in total. The first-order valence-corrected chi connectivity index (χ1v) is 5.97. The van der Waals surface area contributed by atoms with Crippen LogP contribution in [0, 0.1) is 5.92 Å². The van der Waals surface area contributed by atoms with Gasteiger partial charge in [0.25, 0.3) is 0 Å². The summed E-state index contributed by atoms with van der Waals surface area (Å²) in [6.07, 6.45) is 4.81. The monoisotopic (exact) mass is 223 g/mol. The van der Waals surface area contributed by atoms with Crippen LogP contribution in [-0.2, 0) is 9.53 Å². The van der Waals surface area contributed by atoms with Crippen molar-refractivity contribution in [3.63, 3.8) is 0 Å². The predicted octanol–water partition coefficient (Wildman–Crippen LogP) is 0.316. The lowest BCUT2D eigenvalue weighted by molar-refractivity contribution is -0.155. The first-order valence-electron chi connectivity index (χ1n) is 5.97. The van der Waals surface area contributed by atoms with Gasteiger partial charge in [0.05, 0.1) is 26.3 Å². The van der Waals surface area contributed by atoms with E-state index in [0.717, 1.165) is 18.4 Å². The zero-order chi connectivity index (χ0) is 11.2. The van der Waals surface area contributed by atoms with Gasteiger partial charge in [0.2, 0.25) is 5.91 Å². The Morgan fingerprint density at radius 1 is 1.50 bits per heavy atom. The lowest BCUT2D eigenvalue weighted by atomic mass is 9.88. The van der Waals surface area contributed by atoms with Crippen molar-refractivity contribution in [2.75, 3.05) is 26.3 Å². The molecule has 0 radical (unpaired) electrons. The highest BCUT2D eigenvalue weighted by Gasteiger charge is 2.53. The van der Waals surface area contributed by atoms with Gasteiger partial charge in [-0.15, -0.1) is 0 Å². The fraction of sp³-hybridized carbons (Fsp3) is 0.750. The summed E-state index contributed by atoms with van der Waals surface area (Å²) < 4.78 is 5.17. The van der Waals surface area contributed by atoms with Crippen molar-refractivity contribution < 1.29 is 14.6 Å². The van der Waals surface area contributed by atoms with Crippen LogP contribution >= 0.6 is 0 Å². The summed E-state index contributed by atoms with van der Waals surface area (Å²) in [5, 5.41) is 10.1. The standard InChI is InChI=1S/C12H17NO3/c14-11(9-3-5-16-6-4-9)13-7-12(15,8-13)10-1-2-10/h3,10,15H,1-2,4-8H2. The van der Waals surface area contributed by atoms with Crippen molar-refractivity contribution in [1.29, 1.82) is 0 Å². The minimum absolute atomic E-state index is 0.0913. The highest BCUT2D eigenvalue weighted by Crippen LogP contribution is 2.44. The largest absolute Gasteiger partial charge is 0.386 e. The minimum Gasteiger partial charge on any atom is -0.386 e. The molecular weight excluding hydrogens is 206 g/mol. The van der Waals surface area contributed by atoms with E-state index in [0.29, 0.717) is 38.6 Å². The van der Waals surface area contributed by atoms with E-state index in [4.69, 9.17) is 4.74 Å². The van der Waals surface area contributed by atoms with Gasteiger partial charge in [0.15, 0.2) is 0 Å². The second-order valence-electron chi connectivity index (χ2n) is 5.09. The molecule has 4 nitrogen and oxygen atoms in total. The number of aliphatic hydroxyl groups is 1. The number of hydrogen-bond acceptors (Lipinski definition) is 3. The van der Waals surface area contributed by atoms with Crippen LogP contribution in [0.5, 0.6) is 0 Å². The van der Waals surface area contributed by atoms with Gasteiger partial charge in [0.1, 0.15) is 5.60 Å². The normalized spacial score (nSPS) is 28.3. The van der Waals surface area contributed by atoms with Crippen LogP contribution in [0.3, 0.4) is 0 Å². The molecule has 0 unspecified atom stereocenters. The van der Waals surface area contributed by atoms with Gasteiger partial charge < -0.3 is 14.7 Å². The predicted molar refractivity (Wildman–Crippen MR) is 57.8 cm³/mol. The van der Waals surface area contributed by atoms with E-state index in [1.54, 1.807) is 4.90 Å². The summed E-state index contributed by atoms with van der Waals surface area (Å²) in [6, 6.07) is 0. The van der Waals surface area contributed by atoms with Gasteiger partial charge >= 0.3 is 0 Å². The van der Waals surface area contributed by atoms with Crippen molar-refractivity contribution in [2.45, 2.75) is 24.9 Å². The number of ether oxygens (including phenoxy) is 1. The van der Waals surface area contributed by atoms with Crippen molar-refractivity contribution >= 4 is 5.91 Å². The topological polar surface area (TPSA) is 49.8 Å². The quantitative estimate of drug-likeness (QED) is 0.733. The molecule has 0 aromatic heterocycles. The fourth-order valence-electron chi connectivity index (χ4n) is 2.56. The molecule has 0 aromatic carbocycles. The van der Waals surface area contributed by atoms with Crippen LogP contribution in [0.1, 0.15) is 19.3 Å². The molecule has 0 atom stereocenters. The summed E-state index contributed by atoms with van der Waals surface area (Å²) in [5.74, 6) is 0.536. The third-order valence-corrected chi connectivity index (χ3v) is 3.79. The van der Waals surface area contributed by atoms with Crippen LogP contribution < -0.4 is 0 Å². The van der Waals surface area contributed by atoms with Gasteiger partial charge in [0, 0.05) is 12.0 Å². The molecule has 1 aliphatic carbocycles. The fourth-order valence-corrected chi connectivity index (χ4v) is 2.56. The molecule has 0 bridgehead atoms. The van der Waals surface area contributed by atoms with Crippen molar-refractivity contribution in [1.82, 2.24) is 4.90 Å². The number of hydrogen-bond donors (Lipinski definition) is 1. The van der Waals surface area contributed by atoms with E-state index in [-0.39, 0.29) is 5.91 Å². The van der Waals surface area contributed by atoms with Gasteiger partial charge in [-0.1, -0.05) is 6.08 Å². The molecular formula is C12H17NO3. The van der Waals surface area contributed by atoms with Crippen molar-refractivity contribution in [2.24, 2.45) is 5.92 Å². The summed E-state index contributed by atoms with van der Waals surface area (Å²) >= 11 is 0. The zero-order valence-electron chi connectivity index (χ0n) is 9.32. The molecule has 16 heavy (non-hydrogen) atoms. The summed E-state index contributed by atoms with van der Waals surface area (Å²) in [6.45, 7) is 2.23. The van der Waals surface area contributed by atoms with E-state index in [1.807, 2.05) is 6.08 Å². The smallest absolute Gasteiger partial charge is 0.249 e. The zero-order valence-corrected chi connectivity index (χ0v) is 9.32. The summed E-state index contributed by atoms with van der Waals surface area (Å²) in [5.41, 5.74) is 0.283. The van der Waals surface area contributed by atoms with E-state index < -0.39 is 5.60 Å². The lowest BCUT2D eigenvalue weighted by Crippen LogP contribution is -2.65. The molecule has 2 fully saturated rings. The molecule has 0 aromatic rings. The van der Waals surface area contributed by atoms with Gasteiger partial charge in [-0.2, -0.15) is 0 Å². The van der Waals surface area contributed by atoms with E-state index >= 15 is 0 Å². The average Bonchev–Trinajstić information content (AvgIpc) is 3.09. The third-order valence-electron chi connectivity index (χ3n) is 3.79. The molecule has 1 amide bonds. The number of amides is 1. The summed E-state index contributed by atoms with van der Waals surface area (Å²) in [7, 11) is 0. The third kappa shape index (κ3) is 1.66. The van der Waals surface area contributed by atoms with E-state index in [2.05, 4.69) is 0 Å². The maximum atomic E-state index is 12.0. The molecule has 3 rings (SSSR count). The Morgan fingerprint density at radius 2 is 2.25 bits per heavy atom. The number of carbonyl (C=O) groups is 1. The number of nitrogens with zero attached hydrogens (tertiary/aromatic N) is 1. The Hall–Kier alpha value is -0.870. The molecule has 3 aliphatic rings. The highest BCUT2D eigenvalue weighted by atomic mass is 16.5. The Balaban J connectivity index is 1.59. The van der Waals surface area contributed by atoms with E-state index in [1.165, 1.54) is 0 Å². The first kappa shape index (κ1) is 10.3.